The van der Waals surface area contributed by atoms with Crippen LogP contribution in [0.4, 0.5) is 0 Å². The van der Waals surface area contributed by atoms with E-state index in [1.54, 1.807) is 0 Å². The molecule has 30 heavy (non-hydrogen) atoms. The Kier molecular flexibility index (Phi) is 16.7. The molecule has 0 saturated heterocycles. The number of aliphatic hydroxyl groups is 1. The van der Waals surface area contributed by atoms with Crippen molar-refractivity contribution in [1.82, 2.24) is 0 Å². The number of rotatable bonds is 21. The van der Waals surface area contributed by atoms with Crippen molar-refractivity contribution in [1.29, 1.82) is 0 Å². The molecule has 0 amide bonds. The maximum atomic E-state index is 11.2. The van der Waals surface area contributed by atoms with E-state index >= 15 is 0 Å². The minimum absolute atomic E-state index is 0.303. The summed E-state index contributed by atoms with van der Waals surface area (Å²) in [5.41, 5.74) is -0.294. The maximum absolute atomic E-state index is 11.2. The summed E-state index contributed by atoms with van der Waals surface area (Å²) in [6.07, 6.45) is 14.0. The first-order valence-electron chi connectivity index (χ1n) is 12.2. The van der Waals surface area contributed by atoms with Crippen LogP contribution in [0.2, 0.25) is 0 Å². The molecule has 0 saturated carbocycles. The average Bonchev–Trinajstić information content (AvgIpc) is 2.72. The molecule has 0 bridgehead atoms. The topological polar surface area (TPSA) is 96.2 Å². The van der Waals surface area contributed by atoms with Crippen LogP contribution in [0.25, 0.3) is 0 Å². The molecule has 0 fully saturated rings. The standard InChI is InChI=1S/C23H49O6P/c1-5-22(6-2,16-10-9-13-19-24)17-11-14-20-28-21-15-12-18-23(7-3,8-4)29-30(25,26)27/h24H,5-21H2,1-4H3,(H2,25,26,27). The van der Waals surface area contributed by atoms with Gasteiger partial charge in [0.2, 0.25) is 0 Å². The van der Waals surface area contributed by atoms with Crippen LogP contribution in [0.3, 0.4) is 0 Å². The van der Waals surface area contributed by atoms with Gasteiger partial charge in [-0.25, -0.2) is 4.57 Å². The molecule has 182 valence electrons. The fraction of sp³-hybridized carbons (Fsp3) is 1.00. The van der Waals surface area contributed by atoms with E-state index < -0.39 is 13.4 Å². The predicted molar refractivity (Wildman–Crippen MR) is 124 cm³/mol. The number of phosphoric acid groups is 1. The van der Waals surface area contributed by atoms with Gasteiger partial charge in [-0.05, 0) is 63.2 Å². The van der Waals surface area contributed by atoms with Gasteiger partial charge in [-0.1, -0.05) is 59.8 Å². The molecule has 0 radical (unpaired) electrons. The van der Waals surface area contributed by atoms with Gasteiger partial charge in [0.1, 0.15) is 0 Å². The lowest BCUT2D eigenvalue weighted by Crippen LogP contribution is -2.30. The van der Waals surface area contributed by atoms with Crippen LogP contribution in [0, 0.1) is 5.41 Å². The first-order valence-corrected chi connectivity index (χ1v) is 13.7. The Labute approximate surface area is 185 Å². The highest BCUT2D eigenvalue weighted by Crippen LogP contribution is 2.45. The number of unbranched alkanes of at least 4 members (excludes halogenated alkanes) is 4. The van der Waals surface area contributed by atoms with Gasteiger partial charge in [0.15, 0.2) is 0 Å². The van der Waals surface area contributed by atoms with Crippen molar-refractivity contribution in [2.75, 3.05) is 19.8 Å². The Morgan fingerprint density at radius 1 is 0.700 bits per heavy atom. The van der Waals surface area contributed by atoms with E-state index in [0.717, 1.165) is 38.7 Å². The summed E-state index contributed by atoms with van der Waals surface area (Å²) in [5, 5.41) is 8.95. The summed E-state index contributed by atoms with van der Waals surface area (Å²) >= 11 is 0. The third-order valence-corrected chi connectivity index (χ3v) is 7.51. The highest BCUT2D eigenvalue weighted by molar-refractivity contribution is 7.46. The van der Waals surface area contributed by atoms with Crippen molar-refractivity contribution >= 4 is 7.82 Å². The van der Waals surface area contributed by atoms with Crippen LogP contribution >= 0.6 is 7.82 Å². The molecule has 0 rings (SSSR count). The van der Waals surface area contributed by atoms with E-state index in [0.29, 0.717) is 37.9 Å². The van der Waals surface area contributed by atoms with E-state index in [2.05, 4.69) is 13.8 Å². The fourth-order valence-electron chi connectivity index (χ4n) is 4.36. The number of aliphatic hydroxyl groups excluding tert-OH is 1. The Balaban J connectivity index is 4.00. The van der Waals surface area contributed by atoms with Gasteiger partial charge < -0.3 is 19.6 Å². The number of phosphoric ester groups is 1. The van der Waals surface area contributed by atoms with Crippen molar-refractivity contribution < 1.29 is 28.7 Å². The molecule has 0 aliphatic carbocycles. The summed E-state index contributed by atoms with van der Waals surface area (Å²) < 4.78 is 22.1. The number of ether oxygens (including phenoxy) is 1. The normalized spacial score (nSPS) is 13.2. The Morgan fingerprint density at radius 3 is 1.63 bits per heavy atom. The quantitative estimate of drug-likeness (QED) is 0.138. The van der Waals surface area contributed by atoms with Crippen molar-refractivity contribution in [2.24, 2.45) is 5.41 Å². The summed E-state index contributed by atoms with van der Waals surface area (Å²) in [6, 6.07) is 0. The number of hydrogen-bond donors (Lipinski definition) is 3. The molecular weight excluding hydrogens is 403 g/mol. The molecule has 0 aliphatic heterocycles. The molecule has 0 aromatic rings. The van der Waals surface area contributed by atoms with Crippen LogP contribution in [-0.2, 0) is 13.8 Å². The summed E-state index contributed by atoms with van der Waals surface area (Å²) in [5.74, 6) is 0. The van der Waals surface area contributed by atoms with Gasteiger partial charge in [0.25, 0.3) is 0 Å². The van der Waals surface area contributed by atoms with E-state index in [4.69, 9.17) is 24.2 Å². The zero-order chi connectivity index (χ0) is 22.9. The smallest absolute Gasteiger partial charge is 0.396 e. The molecule has 0 spiro atoms. The first kappa shape index (κ1) is 30.0. The van der Waals surface area contributed by atoms with Crippen LogP contribution in [0.5, 0.6) is 0 Å². The SMILES string of the molecule is CCC(CC)(CCCCCO)CCCCOCCCCC(CC)(CC)OP(=O)(O)O. The number of hydrogen-bond acceptors (Lipinski definition) is 4. The third-order valence-electron chi connectivity index (χ3n) is 6.88. The largest absolute Gasteiger partial charge is 0.470 e. The van der Waals surface area contributed by atoms with Crippen molar-refractivity contribution in [3.63, 3.8) is 0 Å². The molecule has 3 N–H and O–H groups in total. The summed E-state index contributed by atoms with van der Waals surface area (Å²) in [7, 11) is -4.47. The molecule has 0 aliphatic rings. The molecule has 0 aromatic heterocycles. The lowest BCUT2D eigenvalue weighted by Gasteiger charge is -2.32. The predicted octanol–water partition coefficient (Wildman–Crippen LogP) is 6.37. The highest BCUT2D eigenvalue weighted by atomic mass is 31.2. The van der Waals surface area contributed by atoms with Crippen molar-refractivity contribution in [3.8, 4) is 0 Å². The van der Waals surface area contributed by atoms with E-state index in [1.807, 2.05) is 13.8 Å². The molecule has 6 nitrogen and oxygen atoms in total. The van der Waals surface area contributed by atoms with Crippen LogP contribution in [0.15, 0.2) is 0 Å². The maximum Gasteiger partial charge on any atom is 0.470 e. The van der Waals surface area contributed by atoms with E-state index in [1.165, 1.54) is 38.5 Å². The highest BCUT2D eigenvalue weighted by Gasteiger charge is 2.34. The molecule has 0 heterocycles. The monoisotopic (exact) mass is 452 g/mol. The second-order valence-electron chi connectivity index (χ2n) is 8.74. The average molecular weight is 453 g/mol. The van der Waals surface area contributed by atoms with Crippen LogP contribution < -0.4 is 0 Å². The first-order chi connectivity index (χ1) is 14.2. The molecule has 0 atom stereocenters. The third kappa shape index (κ3) is 13.4. The van der Waals surface area contributed by atoms with Gasteiger partial charge in [-0.15, -0.1) is 0 Å². The molecule has 7 heteroatoms. The lowest BCUT2D eigenvalue weighted by molar-refractivity contribution is 0.0153. The molecular formula is C23H49O6P. The Morgan fingerprint density at radius 2 is 1.20 bits per heavy atom. The van der Waals surface area contributed by atoms with Gasteiger partial charge in [0, 0.05) is 19.8 Å². The second-order valence-corrected chi connectivity index (χ2v) is 9.90. The van der Waals surface area contributed by atoms with Gasteiger partial charge in [0.05, 0.1) is 5.60 Å². The van der Waals surface area contributed by atoms with E-state index in [-0.39, 0.29) is 0 Å². The van der Waals surface area contributed by atoms with Crippen LogP contribution in [-0.4, -0.2) is 40.3 Å². The van der Waals surface area contributed by atoms with Crippen molar-refractivity contribution in [2.45, 2.75) is 123 Å². The molecule has 0 unspecified atom stereocenters. The van der Waals surface area contributed by atoms with Gasteiger partial charge in [-0.3, -0.25) is 4.52 Å². The minimum Gasteiger partial charge on any atom is -0.396 e. The van der Waals surface area contributed by atoms with E-state index in [9.17, 15) is 4.57 Å². The Bertz CT molecular complexity index is 443. The second kappa shape index (κ2) is 16.6. The zero-order valence-corrected chi connectivity index (χ0v) is 20.9. The zero-order valence-electron chi connectivity index (χ0n) is 20.0. The molecule has 0 aromatic carbocycles. The van der Waals surface area contributed by atoms with Crippen LogP contribution in [0.1, 0.15) is 118 Å². The summed E-state index contributed by atoms with van der Waals surface area (Å²) in [4.78, 5) is 18.3. The van der Waals surface area contributed by atoms with Crippen molar-refractivity contribution in [3.05, 3.63) is 0 Å². The lowest BCUT2D eigenvalue weighted by atomic mass is 9.74. The minimum atomic E-state index is -4.47. The Hall–Kier alpha value is 0.0300. The van der Waals surface area contributed by atoms with Gasteiger partial charge in [-0.2, -0.15) is 0 Å². The summed E-state index contributed by atoms with van der Waals surface area (Å²) in [6.45, 7) is 10.2. The fourth-order valence-corrected chi connectivity index (χ4v) is 5.21. The van der Waals surface area contributed by atoms with Gasteiger partial charge >= 0.3 is 7.82 Å².